The Morgan fingerprint density at radius 1 is 1.37 bits per heavy atom. The minimum absolute atomic E-state index is 0.208. The fourth-order valence-electron chi connectivity index (χ4n) is 2.01. The van der Waals surface area contributed by atoms with Gasteiger partial charge in [-0.05, 0) is 43.4 Å². The zero-order chi connectivity index (χ0) is 14.4. The van der Waals surface area contributed by atoms with Gasteiger partial charge in [-0.2, -0.15) is 0 Å². The lowest BCUT2D eigenvalue weighted by molar-refractivity contribution is 0.354. The van der Waals surface area contributed by atoms with E-state index >= 15 is 0 Å². The highest BCUT2D eigenvalue weighted by Crippen LogP contribution is 2.26. The van der Waals surface area contributed by atoms with E-state index in [9.17, 15) is 0 Å². The number of aryl methyl sites for hydroxylation is 2. The molecule has 1 aromatic rings. The van der Waals surface area contributed by atoms with E-state index in [1.165, 1.54) is 11.1 Å². The first-order valence-electron chi connectivity index (χ1n) is 6.41. The van der Waals surface area contributed by atoms with Crippen LogP contribution in [0.1, 0.15) is 30.0 Å². The Morgan fingerprint density at radius 2 is 1.95 bits per heavy atom. The summed E-state index contributed by atoms with van der Waals surface area (Å²) >= 11 is 11.3. The molecule has 0 spiro atoms. The Labute approximate surface area is 125 Å². The first-order valence-corrected chi connectivity index (χ1v) is 7.22. The van der Waals surface area contributed by atoms with Crippen LogP contribution in [-0.4, -0.2) is 12.6 Å². The van der Waals surface area contributed by atoms with Gasteiger partial charge in [0.25, 0.3) is 0 Å². The molecule has 0 aromatic heterocycles. The third kappa shape index (κ3) is 5.06. The summed E-state index contributed by atoms with van der Waals surface area (Å²) in [5.41, 5.74) is 10.7. The quantitative estimate of drug-likeness (QED) is 0.851. The molecule has 1 rings (SSSR count). The summed E-state index contributed by atoms with van der Waals surface area (Å²) < 4.78 is 5.69. The van der Waals surface area contributed by atoms with E-state index in [1.807, 2.05) is 13.8 Å². The van der Waals surface area contributed by atoms with Crippen LogP contribution in [0.3, 0.4) is 0 Å². The number of halogens is 2. The highest BCUT2D eigenvalue weighted by atomic mass is 35.5. The largest absolute Gasteiger partial charge is 0.487 e. The molecule has 0 heterocycles. The number of rotatable bonds is 6. The van der Waals surface area contributed by atoms with Crippen LogP contribution in [0.25, 0.3) is 0 Å². The second kappa shape index (κ2) is 7.78. The molecular weight excluding hydrogens is 281 g/mol. The molecule has 1 aromatic carbocycles. The van der Waals surface area contributed by atoms with Gasteiger partial charge in [-0.3, -0.25) is 0 Å². The van der Waals surface area contributed by atoms with Gasteiger partial charge in [0.1, 0.15) is 12.4 Å². The van der Waals surface area contributed by atoms with Crippen LogP contribution in [0.2, 0.25) is 0 Å². The minimum Gasteiger partial charge on any atom is -0.487 e. The van der Waals surface area contributed by atoms with Crippen LogP contribution in [-0.2, 0) is 6.42 Å². The summed E-state index contributed by atoms with van der Waals surface area (Å²) in [6.45, 7) is 6.45. The maximum absolute atomic E-state index is 5.99. The molecular formula is C15H21Cl2NO. The molecule has 0 amide bonds. The monoisotopic (exact) mass is 301 g/mol. The van der Waals surface area contributed by atoms with Crippen LogP contribution in [0, 0.1) is 13.8 Å². The molecule has 2 N–H and O–H groups in total. The van der Waals surface area contributed by atoms with Gasteiger partial charge in [0.2, 0.25) is 0 Å². The second-order valence-electron chi connectivity index (χ2n) is 4.78. The van der Waals surface area contributed by atoms with Crippen molar-refractivity contribution in [1.29, 1.82) is 0 Å². The molecule has 0 radical (unpaired) electrons. The molecule has 1 atom stereocenters. The molecule has 0 aliphatic carbocycles. The average molecular weight is 302 g/mol. The predicted molar refractivity (Wildman–Crippen MR) is 83.2 cm³/mol. The summed E-state index contributed by atoms with van der Waals surface area (Å²) in [6.07, 6.45) is 1.87. The summed E-state index contributed by atoms with van der Waals surface area (Å²) in [5.74, 6) is 0.866. The van der Waals surface area contributed by atoms with E-state index in [-0.39, 0.29) is 6.04 Å². The Balaban J connectivity index is 2.85. The zero-order valence-electron chi connectivity index (χ0n) is 11.7. The van der Waals surface area contributed by atoms with Crippen molar-refractivity contribution in [1.82, 2.24) is 0 Å². The topological polar surface area (TPSA) is 35.2 Å². The van der Waals surface area contributed by atoms with Gasteiger partial charge in [0.15, 0.2) is 0 Å². The van der Waals surface area contributed by atoms with Crippen molar-refractivity contribution < 1.29 is 4.74 Å². The third-order valence-corrected chi connectivity index (χ3v) is 3.61. The lowest BCUT2D eigenvalue weighted by Crippen LogP contribution is -2.21. The standard InChI is InChI=1S/C15H21Cl2NO/c1-4-14(18)7-12-5-10(2)15(11(3)6-12)19-9-13(17)8-16/h5-6,8,14H,4,7,9,18H2,1-3H3. The second-order valence-corrected chi connectivity index (χ2v) is 5.48. The number of benzene rings is 1. The van der Waals surface area contributed by atoms with E-state index < -0.39 is 0 Å². The SMILES string of the molecule is CCC(N)Cc1cc(C)c(OCC(Cl)=CCl)c(C)c1. The molecule has 1 unspecified atom stereocenters. The predicted octanol–water partition coefficient (Wildman–Crippen LogP) is 4.28. The van der Waals surface area contributed by atoms with Gasteiger partial charge in [-0.1, -0.05) is 42.3 Å². The number of ether oxygens (including phenoxy) is 1. The normalized spacial score (nSPS) is 13.5. The van der Waals surface area contributed by atoms with Crippen molar-refractivity contribution >= 4 is 23.2 Å². The summed E-state index contributed by atoms with van der Waals surface area (Å²) in [5, 5.41) is 0.484. The van der Waals surface area contributed by atoms with E-state index in [1.54, 1.807) is 0 Å². The maximum atomic E-state index is 5.99. The van der Waals surface area contributed by atoms with Gasteiger partial charge in [-0.25, -0.2) is 0 Å². The van der Waals surface area contributed by atoms with E-state index in [0.717, 1.165) is 29.7 Å². The Morgan fingerprint density at radius 3 is 2.42 bits per heavy atom. The molecule has 0 aliphatic rings. The molecule has 0 bridgehead atoms. The highest BCUT2D eigenvalue weighted by molar-refractivity contribution is 6.36. The van der Waals surface area contributed by atoms with E-state index in [0.29, 0.717) is 11.6 Å². The summed E-state index contributed by atoms with van der Waals surface area (Å²) in [4.78, 5) is 0. The highest BCUT2D eigenvalue weighted by Gasteiger charge is 2.09. The fraction of sp³-hybridized carbons (Fsp3) is 0.467. The molecule has 0 aliphatic heterocycles. The molecule has 19 heavy (non-hydrogen) atoms. The van der Waals surface area contributed by atoms with E-state index in [4.69, 9.17) is 33.7 Å². The van der Waals surface area contributed by atoms with Crippen molar-refractivity contribution in [2.75, 3.05) is 6.61 Å². The van der Waals surface area contributed by atoms with Gasteiger partial charge in [-0.15, -0.1) is 0 Å². The molecule has 106 valence electrons. The summed E-state index contributed by atoms with van der Waals surface area (Å²) in [6, 6.07) is 4.45. The van der Waals surface area contributed by atoms with Crippen molar-refractivity contribution in [3.8, 4) is 5.75 Å². The van der Waals surface area contributed by atoms with E-state index in [2.05, 4.69) is 19.1 Å². The third-order valence-electron chi connectivity index (χ3n) is 3.02. The zero-order valence-corrected chi connectivity index (χ0v) is 13.2. The maximum Gasteiger partial charge on any atom is 0.125 e. The first-order chi connectivity index (χ1) is 8.97. The Bertz CT molecular complexity index is 434. The van der Waals surface area contributed by atoms with Gasteiger partial charge < -0.3 is 10.5 Å². The average Bonchev–Trinajstić information content (AvgIpc) is 2.37. The van der Waals surface area contributed by atoms with Crippen LogP contribution >= 0.6 is 23.2 Å². The lowest BCUT2D eigenvalue weighted by Gasteiger charge is -2.15. The first kappa shape index (κ1) is 16.4. The van der Waals surface area contributed by atoms with Crippen LogP contribution in [0.4, 0.5) is 0 Å². The summed E-state index contributed by atoms with van der Waals surface area (Å²) in [7, 11) is 0. The molecule has 0 fully saturated rings. The molecule has 2 nitrogen and oxygen atoms in total. The van der Waals surface area contributed by atoms with Crippen molar-refractivity contribution in [2.24, 2.45) is 5.73 Å². The van der Waals surface area contributed by atoms with Gasteiger partial charge in [0.05, 0.1) is 5.03 Å². The number of hydrogen-bond acceptors (Lipinski definition) is 2. The number of hydrogen-bond donors (Lipinski definition) is 1. The van der Waals surface area contributed by atoms with Crippen molar-refractivity contribution in [3.05, 3.63) is 39.4 Å². The lowest BCUT2D eigenvalue weighted by atomic mass is 9.99. The van der Waals surface area contributed by atoms with Gasteiger partial charge in [0, 0.05) is 11.6 Å². The Hall–Kier alpha value is -0.700. The van der Waals surface area contributed by atoms with Gasteiger partial charge >= 0.3 is 0 Å². The minimum atomic E-state index is 0.208. The van der Waals surface area contributed by atoms with Crippen LogP contribution < -0.4 is 10.5 Å². The van der Waals surface area contributed by atoms with Crippen LogP contribution in [0.5, 0.6) is 5.75 Å². The molecule has 4 heteroatoms. The fourth-order valence-corrected chi connectivity index (χ4v) is 2.12. The molecule has 0 saturated carbocycles. The smallest absolute Gasteiger partial charge is 0.125 e. The Kier molecular flexibility index (Phi) is 6.70. The van der Waals surface area contributed by atoms with Crippen molar-refractivity contribution in [2.45, 2.75) is 39.7 Å². The number of nitrogens with two attached hydrogens (primary N) is 1. The molecule has 0 saturated heterocycles. The van der Waals surface area contributed by atoms with Crippen LogP contribution in [0.15, 0.2) is 22.7 Å². The van der Waals surface area contributed by atoms with Crippen molar-refractivity contribution in [3.63, 3.8) is 0 Å².